The molecule has 0 radical (unpaired) electrons. The first-order chi connectivity index (χ1) is 6.38. The van der Waals surface area contributed by atoms with Crippen LogP contribution >= 0.6 is 0 Å². The van der Waals surface area contributed by atoms with Crippen molar-refractivity contribution >= 4 is 0 Å². The number of hydrogen-bond acceptors (Lipinski definition) is 3. The Hall–Kier alpha value is -1.22. The van der Waals surface area contributed by atoms with E-state index in [0.29, 0.717) is 11.3 Å². The van der Waals surface area contributed by atoms with E-state index in [-0.39, 0.29) is 5.75 Å². The van der Waals surface area contributed by atoms with Crippen LogP contribution in [0.1, 0.15) is 25.0 Å². The molecule has 78 valence electrons. The van der Waals surface area contributed by atoms with Crippen LogP contribution in [-0.2, 0) is 5.60 Å². The summed E-state index contributed by atoms with van der Waals surface area (Å²) in [5.74, 6) is 0.435. The smallest absolute Gasteiger partial charge is 0.164 e. The van der Waals surface area contributed by atoms with Crippen molar-refractivity contribution in [3.05, 3.63) is 23.3 Å². The van der Waals surface area contributed by atoms with Crippen molar-refractivity contribution in [3.63, 3.8) is 0 Å². The number of phenols is 1. The maximum absolute atomic E-state index is 9.82. The van der Waals surface area contributed by atoms with Crippen LogP contribution in [0.15, 0.2) is 12.1 Å². The van der Waals surface area contributed by atoms with Crippen LogP contribution in [0.25, 0.3) is 0 Å². The van der Waals surface area contributed by atoms with Gasteiger partial charge in [0.25, 0.3) is 0 Å². The Kier molecular flexibility index (Phi) is 2.71. The molecule has 0 saturated carbocycles. The second-order valence-corrected chi connectivity index (χ2v) is 3.87. The molecule has 3 heteroatoms. The Morgan fingerprint density at radius 1 is 1.29 bits per heavy atom. The highest BCUT2D eigenvalue weighted by molar-refractivity contribution is 5.52. The van der Waals surface area contributed by atoms with Gasteiger partial charge >= 0.3 is 0 Å². The lowest BCUT2D eigenvalue weighted by Crippen LogP contribution is -2.16. The summed E-state index contributed by atoms with van der Waals surface area (Å²) in [6.07, 6.45) is 0. The number of methoxy groups -OCH3 is 1. The molecule has 0 aliphatic carbocycles. The van der Waals surface area contributed by atoms with Gasteiger partial charge < -0.3 is 14.9 Å². The lowest BCUT2D eigenvalue weighted by Gasteiger charge is -2.21. The number of phenolic OH excluding ortho intramolecular Hbond substituents is 1. The second-order valence-electron chi connectivity index (χ2n) is 3.87. The van der Waals surface area contributed by atoms with Crippen molar-refractivity contribution in [2.45, 2.75) is 26.4 Å². The maximum atomic E-state index is 9.82. The third-order valence-electron chi connectivity index (χ3n) is 2.19. The van der Waals surface area contributed by atoms with Gasteiger partial charge in [0, 0.05) is 5.56 Å². The highest BCUT2D eigenvalue weighted by Crippen LogP contribution is 2.38. The van der Waals surface area contributed by atoms with Crippen LogP contribution in [0, 0.1) is 6.92 Å². The van der Waals surface area contributed by atoms with E-state index in [1.165, 1.54) is 7.11 Å². The van der Waals surface area contributed by atoms with Crippen LogP contribution in [0.5, 0.6) is 11.5 Å². The van der Waals surface area contributed by atoms with Gasteiger partial charge in [-0.2, -0.15) is 0 Å². The van der Waals surface area contributed by atoms with E-state index in [0.717, 1.165) is 5.56 Å². The van der Waals surface area contributed by atoms with Crippen molar-refractivity contribution in [3.8, 4) is 11.5 Å². The van der Waals surface area contributed by atoms with Gasteiger partial charge in [-0.25, -0.2) is 0 Å². The van der Waals surface area contributed by atoms with E-state index in [1.807, 2.05) is 13.0 Å². The van der Waals surface area contributed by atoms with Gasteiger partial charge in [0.15, 0.2) is 11.5 Å². The van der Waals surface area contributed by atoms with E-state index in [1.54, 1.807) is 19.9 Å². The molecule has 0 unspecified atom stereocenters. The first-order valence-electron chi connectivity index (χ1n) is 4.47. The topological polar surface area (TPSA) is 49.7 Å². The number of hydrogen-bond donors (Lipinski definition) is 2. The Labute approximate surface area is 84.0 Å². The molecule has 0 aromatic heterocycles. The lowest BCUT2D eigenvalue weighted by atomic mass is 9.95. The number of rotatable bonds is 2. The van der Waals surface area contributed by atoms with Gasteiger partial charge in [0.2, 0.25) is 0 Å². The first-order valence-corrected chi connectivity index (χ1v) is 4.47. The zero-order chi connectivity index (χ0) is 10.9. The molecule has 3 nitrogen and oxygen atoms in total. The Balaban J connectivity index is 3.36. The van der Waals surface area contributed by atoms with Crippen molar-refractivity contribution < 1.29 is 14.9 Å². The fourth-order valence-electron chi connectivity index (χ4n) is 1.42. The van der Waals surface area contributed by atoms with Crippen molar-refractivity contribution in [2.75, 3.05) is 7.11 Å². The van der Waals surface area contributed by atoms with Crippen molar-refractivity contribution in [1.29, 1.82) is 0 Å². The monoisotopic (exact) mass is 196 g/mol. The SMILES string of the molecule is COc1c(C)ccc(C(C)(C)O)c1O. The molecule has 0 heterocycles. The molecule has 0 bridgehead atoms. The zero-order valence-electron chi connectivity index (χ0n) is 8.96. The summed E-state index contributed by atoms with van der Waals surface area (Å²) >= 11 is 0. The summed E-state index contributed by atoms with van der Waals surface area (Å²) in [5, 5.41) is 19.6. The fourth-order valence-corrected chi connectivity index (χ4v) is 1.42. The fraction of sp³-hybridized carbons (Fsp3) is 0.455. The summed E-state index contributed by atoms with van der Waals surface area (Å²) in [6, 6.07) is 3.51. The second kappa shape index (κ2) is 3.50. The average molecular weight is 196 g/mol. The molecule has 0 saturated heterocycles. The number of aryl methyl sites for hydroxylation is 1. The van der Waals surface area contributed by atoms with Gasteiger partial charge in [-0.05, 0) is 26.3 Å². The summed E-state index contributed by atoms with van der Waals surface area (Å²) in [5.41, 5.74) is 0.253. The molecule has 0 fully saturated rings. The maximum Gasteiger partial charge on any atom is 0.164 e. The molecule has 1 aromatic rings. The summed E-state index contributed by atoms with van der Waals surface area (Å²) in [6.45, 7) is 5.08. The number of ether oxygens (including phenoxy) is 1. The molecule has 0 aliphatic rings. The molecule has 14 heavy (non-hydrogen) atoms. The van der Waals surface area contributed by atoms with E-state index in [2.05, 4.69) is 0 Å². The first kappa shape index (κ1) is 10.9. The van der Waals surface area contributed by atoms with Crippen molar-refractivity contribution in [2.24, 2.45) is 0 Å². The standard InChI is InChI=1S/C11H16O3/c1-7-5-6-8(11(2,3)13)9(12)10(7)14-4/h5-6,12-13H,1-4H3. The van der Waals surface area contributed by atoms with Crippen molar-refractivity contribution in [1.82, 2.24) is 0 Å². The summed E-state index contributed by atoms with van der Waals surface area (Å²) < 4.78 is 5.05. The Morgan fingerprint density at radius 3 is 2.29 bits per heavy atom. The van der Waals surface area contributed by atoms with E-state index in [9.17, 15) is 10.2 Å². The van der Waals surface area contributed by atoms with Gasteiger partial charge in [-0.3, -0.25) is 0 Å². The van der Waals surface area contributed by atoms with Gasteiger partial charge in [0.05, 0.1) is 12.7 Å². The highest BCUT2D eigenvalue weighted by atomic mass is 16.5. The largest absolute Gasteiger partial charge is 0.504 e. The van der Waals surface area contributed by atoms with Gasteiger partial charge in [-0.15, -0.1) is 0 Å². The van der Waals surface area contributed by atoms with E-state index < -0.39 is 5.60 Å². The quantitative estimate of drug-likeness (QED) is 0.760. The van der Waals surface area contributed by atoms with Crippen LogP contribution < -0.4 is 4.74 Å². The molecule has 0 amide bonds. The number of aliphatic hydroxyl groups is 1. The minimum Gasteiger partial charge on any atom is -0.504 e. The average Bonchev–Trinajstić information content (AvgIpc) is 2.02. The van der Waals surface area contributed by atoms with Crippen LogP contribution in [-0.4, -0.2) is 17.3 Å². The molecule has 0 aliphatic heterocycles. The molecular weight excluding hydrogens is 180 g/mol. The van der Waals surface area contributed by atoms with Gasteiger partial charge in [0.1, 0.15) is 0 Å². The normalized spacial score (nSPS) is 11.5. The van der Waals surface area contributed by atoms with Gasteiger partial charge in [-0.1, -0.05) is 12.1 Å². The third kappa shape index (κ3) is 1.82. The highest BCUT2D eigenvalue weighted by Gasteiger charge is 2.23. The van der Waals surface area contributed by atoms with E-state index in [4.69, 9.17) is 4.74 Å². The Morgan fingerprint density at radius 2 is 1.86 bits per heavy atom. The predicted octanol–water partition coefficient (Wildman–Crippen LogP) is 1.94. The minimum atomic E-state index is -1.06. The number of benzene rings is 1. The molecule has 1 aromatic carbocycles. The predicted molar refractivity (Wildman–Crippen MR) is 54.6 cm³/mol. The minimum absolute atomic E-state index is 0.0139. The van der Waals surface area contributed by atoms with Crippen LogP contribution in [0.2, 0.25) is 0 Å². The van der Waals surface area contributed by atoms with E-state index >= 15 is 0 Å². The molecular formula is C11H16O3. The lowest BCUT2D eigenvalue weighted by molar-refractivity contribution is 0.0753. The molecule has 0 spiro atoms. The van der Waals surface area contributed by atoms with Crippen LogP contribution in [0.3, 0.4) is 0 Å². The zero-order valence-corrected chi connectivity index (χ0v) is 8.96. The summed E-state index contributed by atoms with van der Waals surface area (Å²) in [7, 11) is 1.50. The molecule has 0 atom stereocenters. The third-order valence-corrected chi connectivity index (χ3v) is 2.19. The Bertz CT molecular complexity index is 337. The molecule has 1 rings (SSSR count). The summed E-state index contributed by atoms with van der Waals surface area (Å²) in [4.78, 5) is 0. The van der Waals surface area contributed by atoms with Crippen LogP contribution in [0.4, 0.5) is 0 Å². The molecule has 2 N–H and O–H groups in total. The number of aromatic hydroxyl groups is 1.